The van der Waals surface area contributed by atoms with Crippen LogP contribution in [-0.2, 0) is 9.59 Å². The molecule has 3 aromatic rings. The van der Waals surface area contributed by atoms with Crippen molar-refractivity contribution in [1.82, 2.24) is 0 Å². The summed E-state index contributed by atoms with van der Waals surface area (Å²) in [4.78, 5) is 27.2. The summed E-state index contributed by atoms with van der Waals surface area (Å²) in [7, 11) is 1.31. The minimum absolute atomic E-state index is 0.0819. The number of carbonyl (C=O) groups is 2. The fourth-order valence-electron chi connectivity index (χ4n) is 3.73. The molecule has 1 N–H and O–H groups in total. The average Bonchev–Trinajstić information content (AvgIpc) is 3.05. The molecule has 5 nitrogen and oxygen atoms in total. The highest BCUT2D eigenvalue weighted by Crippen LogP contribution is 2.44. The minimum Gasteiger partial charge on any atom is -0.507 e. The molecule has 0 saturated carbocycles. The molecule has 1 saturated heterocycles. The zero-order chi connectivity index (χ0) is 23.9. The Hall–Kier alpha value is -3.42. The van der Waals surface area contributed by atoms with Crippen LogP contribution in [-0.4, -0.2) is 23.9 Å². The van der Waals surface area contributed by atoms with E-state index < -0.39 is 35.1 Å². The first-order valence-corrected chi connectivity index (χ1v) is 10.3. The zero-order valence-corrected chi connectivity index (χ0v) is 18.5. The summed E-state index contributed by atoms with van der Waals surface area (Å²) >= 11 is 12.2. The van der Waals surface area contributed by atoms with Crippen molar-refractivity contribution in [3.05, 3.63) is 99.0 Å². The van der Waals surface area contributed by atoms with E-state index in [0.717, 1.165) is 23.1 Å². The molecule has 0 bridgehead atoms. The Labute approximate surface area is 197 Å². The third-order valence-electron chi connectivity index (χ3n) is 5.21. The van der Waals surface area contributed by atoms with E-state index in [4.69, 9.17) is 27.9 Å². The first kappa shape index (κ1) is 22.8. The van der Waals surface area contributed by atoms with E-state index in [1.165, 1.54) is 49.6 Å². The second-order valence-electron chi connectivity index (χ2n) is 7.17. The number of rotatable bonds is 4. The van der Waals surface area contributed by atoms with E-state index in [1.807, 2.05) is 0 Å². The Bertz CT molecular complexity index is 1330. The van der Waals surface area contributed by atoms with Crippen LogP contribution in [0.15, 0.2) is 66.2 Å². The van der Waals surface area contributed by atoms with Gasteiger partial charge in [0, 0.05) is 5.69 Å². The van der Waals surface area contributed by atoms with Gasteiger partial charge in [0.2, 0.25) is 0 Å². The third-order valence-corrected chi connectivity index (χ3v) is 5.95. The van der Waals surface area contributed by atoms with Crippen LogP contribution < -0.4 is 9.64 Å². The van der Waals surface area contributed by atoms with Crippen LogP contribution in [0.3, 0.4) is 0 Å². The number of aliphatic hydroxyl groups excluding tert-OH is 1. The van der Waals surface area contributed by atoms with Crippen molar-refractivity contribution in [1.29, 1.82) is 0 Å². The number of amides is 1. The van der Waals surface area contributed by atoms with Gasteiger partial charge in [0.25, 0.3) is 11.7 Å². The number of nitrogens with zero attached hydrogens (tertiary/aromatic N) is 1. The molecule has 1 aliphatic heterocycles. The molecule has 3 aromatic carbocycles. The normalized spacial score (nSPS) is 17.5. The van der Waals surface area contributed by atoms with Gasteiger partial charge in [-0.15, -0.1) is 0 Å². The SMILES string of the molecule is COc1ccc(F)cc1/C(O)=C1\C(=O)C(=O)N(c2cccc(F)c2)C1c1ccc(Cl)c(Cl)c1. The maximum Gasteiger partial charge on any atom is 0.300 e. The predicted octanol–water partition coefficient (Wildman–Crippen LogP) is 5.91. The number of hydrogen-bond acceptors (Lipinski definition) is 4. The molecule has 4 rings (SSSR count). The highest BCUT2D eigenvalue weighted by Gasteiger charge is 2.47. The fraction of sp³-hybridized carbons (Fsp3) is 0.0833. The Morgan fingerprint density at radius 1 is 0.970 bits per heavy atom. The van der Waals surface area contributed by atoms with Crippen LogP contribution >= 0.6 is 23.2 Å². The van der Waals surface area contributed by atoms with Crippen LogP contribution in [0, 0.1) is 11.6 Å². The lowest BCUT2D eigenvalue weighted by Crippen LogP contribution is -2.29. The Kier molecular flexibility index (Phi) is 6.10. The highest BCUT2D eigenvalue weighted by atomic mass is 35.5. The molecule has 0 radical (unpaired) electrons. The number of carbonyl (C=O) groups excluding carboxylic acids is 2. The standard InChI is InChI=1S/C24H15Cl2F2NO4/c1-33-19-8-6-14(28)11-16(19)22(30)20-21(12-5-7-17(25)18(26)9-12)29(24(32)23(20)31)15-4-2-3-13(27)10-15/h2-11,21,30H,1H3/b22-20+. The van der Waals surface area contributed by atoms with Crippen LogP contribution in [0.1, 0.15) is 17.2 Å². The molecule has 168 valence electrons. The Morgan fingerprint density at radius 3 is 2.36 bits per heavy atom. The monoisotopic (exact) mass is 489 g/mol. The number of ether oxygens (including phenoxy) is 1. The first-order valence-electron chi connectivity index (χ1n) is 9.58. The topological polar surface area (TPSA) is 66.8 Å². The molecule has 1 heterocycles. The van der Waals surface area contributed by atoms with Crippen LogP contribution in [0.5, 0.6) is 5.75 Å². The molecular formula is C24H15Cl2F2NO4. The molecule has 9 heteroatoms. The Balaban J connectivity index is 2.01. The molecule has 1 amide bonds. The molecule has 1 atom stereocenters. The smallest absolute Gasteiger partial charge is 0.300 e. The number of ketones is 1. The van der Waals surface area contributed by atoms with Crippen LogP contribution in [0.4, 0.5) is 14.5 Å². The fourth-order valence-corrected chi connectivity index (χ4v) is 4.04. The van der Waals surface area contributed by atoms with Crippen molar-refractivity contribution in [2.75, 3.05) is 12.0 Å². The van der Waals surface area contributed by atoms with Gasteiger partial charge in [-0.2, -0.15) is 0 Å². The number of aliphatic hydroxyl groups is 1. The summed E-state index contributed by atoms with van der Waals surface area (Å²) in [5, 5.41) is 11.5. The van der Waals surface area contributed by atoms with Gasteiger partial charge in [-0.3, -0.25) is 14.5 Å². The van der Waals surface area contributed by atoms with Crippen LogP contribution in [0.2, 0.25) is 10.0 Å². The highest BCUT2D eigenvalue weighted by molar-refractivity contribution is 6.52. The van der Waals surface area contributed by atoms with Gasteiger partial charge < -0.3 is 9.84 Å². The van der Waals surface area contributed by atoms with E-state index in [2.05, 4.69) is 0 Å². The third kappa shape index (κ3) is 4.05. The lowest BCUT2D eigenvalue weighted by molar-refractivity contribution is -0.132. The van der Waals surface area contributed by atoms with E-state index in [9.17, 15) is 23.5 Å². The molecule has 33 heavy (non-hydrogen) atoms. The number of methoxy groups -OCH3 is 1. The second kappa shape index (κ2) is 8.84. The largest absolute Gasteiger partial charge is 0.507 e. The van der Waals surface area contributed by atoms with E-state index in [-0.39, 0.29) is 32.6 Å². The van der Waals surface area contributed by atoms with Gasteiger partial charge in [-0.1, -0.05) is 35.3 Å². The van der Waals surface area contributed by atoms with Gasteiger partial charge in [0.15, 0.2) is 0 Å². The molecule has 1 unspecified atom stereocenters. The lowest BCUT2D eigenvalue weighted by Gasteiger charge is -2.26. The number of benzene rings is 3. The van der Waals surface area contributed by atoms with Gasteiger partial charge in [0.05, 0.1) is 34.3 Å². The van der Waals surface area contributed by atoms with E-state index >= 15 is 0 Å². The molecule has 1 aliphatic rings. The number of anilines is 1. The summed E-state index contributed by atoms with van der Waals surface area (Å²) < 4.78 is 33.1. The Morgan fingerprint density at radius 2 is 1.70 bits per heavy atom. The predicted molar refractivity (Wildman–Crippen MR) is 121 cm³/mol. The van der Waals surface area contributed by atoms with Crippen LogP contribution in [0.25, 0.3) is 5.76 Å². The summed E-state index contributed by atoms with van der Waals surface area (Å²) in [6.45, 7) is 0. The number of hydrogen-bond donors (Lipinski definition) is 1. The van der Waals surface area contributed by atoms with Crippen molar-refractivity contribution >= 4 is 46.3 Å². The molecule has 0 aromatic heterocycles. The van der Waals surface area contributed by atoms with Gasteiger partial charge >= 0.3 is 0 Å². The van der Waals surface area contributed by atoms with Crippen molar-refractivity contribution in [2.24, 2.45) is 0 Å². The van der Waals surface area contributed by atoms with E-state index in [1.54, 1.807) is 0 Å². The second-order valence-corrected chi connectivity index (χ2v) is 7.98. The van der Waals surface area contributed by atoms with Crippen molar-refractivity contribution < 1.29 is 28.2 Å². The lowest BCUT2D eigenvalue weighted by atomic mass is 9.94. The van der Waals surface area contributed by atoms with Crippen molar-refractivity contribution in [3.8, 4) is 5.75 Å². The minimum atomic E-state index is -1.20. The zero-order valence-electron chi connectivity index (χ0n) is 17.0. The number of halogens is 4. The molecule has 1 fully saturated rings. The molecule has 0 spiro atoms. The summed E-state index contributed by atoms with van der Waals surface area (Å²) in [6.07, 6.45) is 0. The number of Topliss-reactive ketones (excluding diaryl/α,β-unsaturated/α-hetero) is 1. The van der Waals surface area contributed by atoms with Crippen molar-refractivity contribution in [3.63, 3.8) is 0 Å². The quantitative estimate of drug-likeness (QED) is 0.281. The van der Waals surface area contributed by atoms with Gasteiger partial charge in [-0.05, 0) is 54.1 Å². The van der Waals surface area contributed by atoms with E-state index in [0.29, 0.717) is 5.56 Å². The average molecular weight is 490 g/mol. The maximum atomic E-state index is 14.0. The van der Waals surface area contributed by atoms with Gasteiger partial charge in [0.1, 0.15) is 23.1 Å². The molecule has 0 aliphatic carbocycles. The van der Waals surface area contributed by atoms with Crippen molar-refractivity contribution in [2.45, 2.75) is 6.04 Å². The maximum absolute atomic E-state index is 14.0. The first-order chi connectivity index (χ1) is 15.7. The summed E-state index contributed by atoms with van der Waals surface area (Å²) in [6, 6.07) is 11.7. The van der Waals surface area contributed by atoms with Gasteiger partial charge in [-0.25, -0.2) is 8.78 Å². The summed E-state index contributed by atoms with van der Waals surface area (Å²) in [5.74, 6) is -3.94. The summed E-state index contributed by atoms with van der Waals surface area (Å²) in [5.41, 5.74) is -0.0606. The molecular weight excluding hydrogens is 475 g/mol.